The molecule has 0 bridgehead atoms. The van der Waals surface area contributed by atoms with Gasteiger partial charge in [-0.05, 0) is 64.4 Å². The van der Waals surface area contributed by atoms with E-state index < -0.39 is 0 Å². The molecule has 0 amide bonds. The standard InChI is InChI=1S/C23H19N/c1-13-8-10-19-21(15(13)3)23-20(12-14(2)24-23)18-11-9-16-6-4-5-7-17(16)22(18)19/h4-11H,12H2,1-3H3. The van der Waals surface area contributed by atoms with Crippen LogP contribution in [0.3, 0.4) is 0 Å². The lowest BCUT2D eigenvalue weighted by molar-refractivity contribution is 1.37. The van der Waals surface area contributed by atoms with Crippen LogP contribution in [0.4, 0.5) is 5.69 Å². The number of nitrogens with zero attached hydrogens (tertiary/aromatic N) is 1. The Morgan fingerprint density at radius 1 is 0.750 bits per heavy atom. The molecule has 1 heterocycles. The molecule has 4 aromatic carbocycles. The van der Waals surface area contributed by atoms with Crippen LogP contribution < -0.4 is 0 Å². The van der Waals surface area contributed by atoms with Crippen LogP contribution >= 0.6 is 0 Å². The number of aryl methyl sites for hydroxylation is 2. The summed E-state index contributed by atoms with van der Waals surface area (Å²) < 4.78 is 0. The van der Waals surface area contributed by atoms with Crippen molar-refractivity contribution in [2.24, 2.45) is 4.99 Å². The van der Waals surface area contributed by atoms with E-state index in [1.807, 2.05) is 0 Å². The summed E-state index contributed by atoms with van der Waals surface area (Å²) in [7, 11) is 0. The van der Waals surface area contributed by atoms with Gasteiger partial charge in [0.2, 0.25) is 0 Å². The summed E-state index contributed by atoms with van der Waals surface area (Å²) in [5.41, 5.74) is 6.51. The van der Waals surface area contributed by atoms with Crippen LogP contribution in [0.15, 0.2) is 53.5 Å². The predicted molar refractivity (Wildman–Crippen MR) is 105 cm³/mol. The highest BCUT2D eigenvalue weighted by Crippen LogP contribution is 2.45. The largest absolute Gasteiger partial charge is 0.257 e. The lowest BCUT2D eigenvalue weighted by atomic mass is 9.88. The summed E-state index contributed by atoms with van der Waals surface area (Å²) in [4.78, 5) is 4.93. The number of rotatable bonds is 0. The molecule has 0 atom stereocenters. The molecule has 116 valence electrons. The topological polar surface area (TPSA) is 12.4 Å². The maximum Gasteiger partial charge on any atom is 0.0752 e. The Kier molecular flexibility index (Phi) is 2.67. The molecule has 0 saturated carbocycles. The van der Waals surface area contributed by atoms with Crippen molar-refractivity contribution < 1.29 is 0 Å². The van der Waals surface area contributed by atoms with E-state index in [1.165, 1.54) is 60.4 Å². The summed E-state index contributed by atoms with van der Waals surface area (Å²) in [6, 6.07) is 17.8. The first-order valence-corrected chi connectivity index (χ1v) is 8.55. The van der Waals surface area contributed by atoms with E-state index in [9.17, 15) is 0 Å². The molecule has 0 fully saturated rings. The van der Waals surface area contributed by atoms with Gasteiger partial charge in [0.05, 0.1) is 5.69 Å². The minimum absolute atomic E-state index is 0.966. The first-order valence-electron chi connectivity index (χ1n) is 8.55. The van der Waals surface area contributed by atoms with Gasteiger partial charge in [0, 0.05) is 17.5 Å². The number of aliphatic imine (C=N–C) groups is 1. The van der Waals surface area contributed by atoms with Crippen LogP contribution in [0, 0.1) is 13.8 Å². The fourth-order valence-corrected chi connectivity index (χ4v) is 4.21. The lowest BCUT2D eigenvalue weighted by Gasteiger charge is -2.16. The van der Waals surface area contributed by atoms with Crippen LogP contribution in [-0.4, -0.2) is 5.71 Å². The molecule has 1 aliphatic rings. The molecule has 24 heavy (non-hydrogen) atoms. The minimum atomic E-state index is 0.966. The fourth-order valence-electron chi connectivity index (χ4n) is 4.21. The Hall–Kier alpha value is -2.67. The summed E-state index contributed by atoms with van der Waals surface area (Å²) in [6.45, 7) is 6.57. The quantitative estimate of drug-likeness (QED) is 0.333. The van der Waals surface area contributed by atoms with Crippen molar-refractivity contribution in [3.63, 3.8) is 0 Å². The summed E-state index contributed by atoms with van der Waals surface area (Å²) in [6.07, 6.45) is 0.966. The van der Waals surface area contributed by atoms with Crippen LogP contribution in [-0.2, 0) is 6.42 Å². The summed E-state index contributed by atoms with van der Waals surface area (Å²) >= 11 is 0. The minimum Gasteiger partial charge on any atom is -0.257 e. The van der Waals surface area contributed by atoms with Crippen LogP contribution in [0.25, 0.3) is 32.3 Å². The third-order valence-electron chi connectivity index (χ3n) is 5.52. The zero-order valence-corrected chi connectivity index (χ0v) is 14.3. The second kappa shape index (κ2) is 4.67. The van der Waals surface area contributed by atoms with Gasteiger partial charge in [-0.2, -0.15) is 0 Å². The van der Waals surface area contributed by atoms with E-state index in [1.54, 1.807) is 0 Å². The number of hydrogen-bond acceptors (Lipinski definition) is 1. The normalized spacial score (nSPS) is 13.7. The average molecular weight is 309 g/mol. The van der Waals surface area contributed by atoms with Crippen molar-refractivity contribution in [2.45, 2.75) is 27.2 Å². The van der Waals surface area contributed by atoms with Gasteiger partial charge >= 0.3 is 0 Å². The van der Waals surface area contributed by atoms with E-state index in [4.69, 9.17) is 4.99 Å². The van der Waals surface area contributed by atoms with E-state index in [-0.39, 0.29) is 0 Å². The molecule has 0 N–H and O–H groups in total. The zero-order chi connectivity index (χ0) is 16.4. The molecular weight excluding hydrogens is 290 g/mol. The molecule has 4 aromatic rings. The Morgan fingerprint density at radius 3 is 2.42 bits per heavy atom. The number of fused-ring (bicyclic) bond motifs is 8. The number of benzene rings is 4. The summed E-state index contributed by atoms with van der Waals surface area (Å²) in [5.74, 6) is 0. The monoisotopic (exact) mass is 309 g/mol. The molecule has 0 aliphatic carbocycles. The molecule has 0 aromatic heterocycles. The van der Waals surface area contributed by atoms with Crippen LogP contribution in [0.1, 0.15) is 23.6 Å². The molecule has 1 heteroatoms. The van der Waals surface area contributed by atoms with Crippen molar-refractivity contribution in [3.05, 3.63) is 65.2 Å². The van der Waals surface area contributed by atoms with Gasteiger partial charge in [0.1, 0.15) is 0 Å². The fraction of sp³-hybridized carbons (Fsp3) is 0.174. The average Bonchev–Trinajstić information content (AvgIpc) is 2.98. The zero-order valence-electron chi connectivity index (χ0n) is 14.3. The van der Waals surface area contributed by atoms with Crippen LogP contribution in [0.2, 0.25) is 0 Å². The van der Waals surface area contributed by atoms with Crippen molar-refractivity contribution in [1.82, 2.24) is 0 Å². The number of hydrogen-bond donors (Lipinski definition) is 0. The van der Waals surface area contributed by atoms with Gasteiger partial charge in [-0.25, -0.2) is 0 Å². The van der Waals surface area contributed by atoms with Gasteiger partial charge in [0.25, 0.3) is 0 Å². The van der Waals surface area contributed by atoms with Gasteiger partial charge in [-0.15, -0.1) is 0 Å². The van der Waals surface area contributed by atoms with E-state index >= 15 is 0 Å². The maximum absolute atomic E-state index is 4.93. The highest BCUT2D eigenvalue weighted by atomic mass is 14.8. The Balaban J connectivity index is 2.15. The van der Waals surface area contributed by atoms with Gasteiger partial charge < -0.3 is 0 Å². The van der Waals surface area contributed by atoms with Gasteiger partial charge in [-0.1, -0.05) is 48.5 Å². The van der Waals surface area contributed by atoms with Crippen molar-refractivity contribution in [3.8, 4) is 0 Å². The molecule has 0 unspecified atom stereocenters. The molecular formula is C23H19N. The highest BCUT2D eigenvalue weighted by Gasteiger charge is 2.21. The predicted octanol–water partition coefficient (Wildman–Crippen LogP) is 6.41. The SMILES string of the molecule is CC1=Nc2c(c3ccc4ccccc4c3c3ccc(C)c(C)c23)C1. The molecule has 1 nitrogen and oxygen atoms in total. The van der Waals surface area contributed by atoms with Crippen LogP contribution in [0.5, 0.6) is 0 Å². The van der Waals surface area contributed by atoms with E-state index in [0.717, 1.165) is 6.42 Å². The highest BCUT2D eigenvalue weighted by molar-refractivity contribution is 6.26. The molecule has 0 saturated heterocycles. The van der Waals surface area contributed by atoms with Crippen molar-refractivity contribution in [1.29, 1.82) is 0 Å². The first kappa shape index (κ1) is 13.7. The van der Waals surface area contributed by atoms with E-state index in [2.05, 4.69) is 69.3 Å². The lowest BCUT2D eigenvalue weighted by Crippen LogP contribution is -1.93. The second-order valence-electron chi connectivity index (χ2n) is 6.99. The van der Waals surface area contributed by atoms with Gasteiger partial charge in [0.15, 0.2) is 0 Å². The third kappa shape index (κ3) is 1.67. The summed E-state index contributed by atoms with van der Waals surface area (Å²) in [5, 5.41) is 8.07. The second-order valence-corrected chi connectivity index (χ2v) is 6.99. The van der Waals surface area contributed by atoms with E-state index in [0.29, 0.717) is 0 Å². The molecule has 1 aliphatic heterocycles. The maximum atomic E-state index is 4.93. The van der Waals surface area contributed by atoms with Crippen molar-refractivity contribution in [2.75, 3.05) is 0 Å². The molecule has 0 radical (unpaired) electrons. The Labute approximate surface area is 141 Å². The molecule has 0 spiro atoms. The first-order chi connectivity index (χ1) is 11.6. The Morgan fingerprint density at radius 2 is 1.54 bits per heavy atom. The third-order valence-corrected chi connectivity index (χ3v) is 5.52. The van der Waals surface area contributed by atoms with Gasteiger partial charge in [-0.3, -0.25) is 4.99 Å². The van der Waals surface area contributed by atoms with Crippen molar-refractivity contribution >= 4 is 43.7 Å². The molecule has 5 rings (SSSR count). The Bertz CT molecular complexity index is 1200. The smallest absolute Gasteiger partial charge is 0.0752 e.